The number of hydrogen-bond donors (Lipinski definition) is 1. The van der Waals surface area contributed by atoms with Gasteiger partial charge in [-0.3, -0.25) is 0 Å². The first-order valence-corrected chi connectivity index (χ1v) is 6.90. The van der Waals surface area contributed by atoms with Crippen LogP contribution in [0.5, 0.6) is 0 Å². The summed E-state index contributed by atoms with van der Waals surface area (Å²) in [7, 11) is 0. The zero-order valence-corrected chi connectivity index (χ0v) is 10.5. The lowest BCUT2D eigenvalue weighted by Crippen LogP contribution is -2.14. The molecule has 0 radical (unpaired) electrons. The molecule has 1 saturated heterocycles. The van der Waals surface area contributed by atoms with Crippen LogP contribution in [0.25, 0.3) is 0 Å². The van der Waals surface area contributed by atoms with E-state index >= 15 is 0 Å². The van der Waals surface area contributed by atoms with Gasteiger partial charge >= 0.3 is 0 Å². The molecule has 0 unspecified atom stereocenters. The zero-order chi connectivity index (χ0) is 11.7. The molecule has 0 bridgehead atoms. The highest BCUT2D eigenvalue weighted by Crippen LogP contribution is 2.34. The second-order valence-electron chi connectivity index (χ2n) is 5.60. The first kappa shape index (κ1) is 11.2. The minimum Gasteiger partial charge on any atom is -0.338 e. The van der Waals surface area contributed by atoms with Gasteiger partial charge in [-0.1, -0.05) is 24.9 Å². The first-order valence-electron chi connectivity index (χ1n) is 6.90. The van der Waals surface area contributed by atoms with E-state index in [2.05, 4.69) is 22.4 Å². The summed E-state index contributed by atoms with van der Waals surface area (Å²) >= 11 is 0. The number of rotatable bonds is 2. The van der Waals surface area contributed by atoms with E-state index in [4.69, 9.17) is 4.52 Å². The molecule has 1 saturated carbocycles. The maximum Gasteiger partial charge on any atom is 0.243 e. The van der Waals surface area contributed by atoms with E-state index < -0.39 is 0 Å². The van der Waals surface area contributed by atoms with Gasteiger partial charge in [0.2, 0.25) is 5.89 Å². The lowest BCUT2D eigenvalue weighted by atomic mass is 9.83. The minimum atomic E-state index is 0.304. The van der Waals surface area contributed by atoms with Crippen LogP contribution in [0.3, 0.4) is 0 Å². The van der Waals surface area contributed by atoms with Crippen molar-refractivity contribution in [3.05, 3.63) is 11.7 Å². The number of aromatic nitrogens is 2. The third-order valence-electron chi connectivity index (χ3n) is 4.20. The van der Waals surface area contributed by atoms with Crippen LogP contribution in [0.15, 0.2) is 4.52 Å². The van der Waals surface area contributed by atoms with E-state index in [0.29, 0.717) is 12.0 Å². The van der Waals surface area contributed by atoms with Gasteiger partial charge in [-0.2, -0.15) is 4.98 Å². The maximum absolute atomic E-state index is 5.41. The van der Waals surface area contributed by atoms with Gasteiger partial charge in [0.05, 0.1) is 6.04 Å². The molecule has 94 valence electrons. The molecule has 1 aromatic heterocycles. The molecular formula is C13H21N3O. The monoisotopic (exact) mass is 235 g/mol. The summed E-state index contributed by atoms with van der Waals surface area (Å²) in [6.45, 7) is 3.41. The standard InChI is InChI=1S/C13H21N3O/c1-9-4-6-10(7-5-9)12-15-13(17-16-12)11-3-2-8-14-11/h9-11,14H,2-8H2,1H3/t9?,10?,11-/m1/s1. The number of nitrogens with one attached hydrogen (secondary N) is 1. The Kier molecular flexibility index (Phi) is 3.14. The highest BCUT2D eigenvalue weighted by atomic mass is 16.5. The van der Waals surface area contributed by atoms with Crippen molar-refractivity contribution in [1.29, 1.82) is 0 Å². The molecule has 0 aromatic carbocycles. The molecule has 3 rings (SSSR count). The summed E-state index contributed by atoms with van der Waals surface area (Å²) < 4.78 is 5.41. The molecule has 17 heavy (non-hydrogen) atoms. The third kappa shape index (κ3) is 2.37. The van der Waals surface area contributed by atoms with Crippen LogP contribution in [0.1, 0.15) is 69.1 Å². The van der Waals surface area contributed by atoms with Gasteiger partial charge < -0.3 is 9.84 Å². The van der Waals surface area contributed by atoms with Gasteiger partial charge in [0, 0.05) is 5.92 Å². The van der Waals surface area contributed by atoms with Crippen LogP contribution in [-0.4, -0.2) is 16.7 Å². The Labute approximate surface area is 102 Å². The second-order valence-corrected chi connectivity index (χ2v) is 5.60. The van der Waals surface area contributed by atoms with Crippen LogP contribution < -0.4 is 5.32 Å². The van der Waals surface area contributed by atoms with Crippen molar-refractivity contribution in [2.24, 2.45) is 5.92 Å². The van der Waals surface area contributed by atoms with Crippen molar-refractivity contribution in [2.45, 2.75) is 57.4 Å². The molecule has 1 aliphatic heterocycles. The van der Waals surface area contributed by atoms with Gasteiger partial charge in [0.1, 0.15) is 0 Å². The summed E-state index contributed by atoms with van der Waals surface area (Å²) in [5.41, 5.74) is 0. The second kappa shape index (κ2) is 4.77. The highest BCUT2D eigenvalue weighted by molar-refractivity contribution is 5.01. The van der Waals surface area contributed by atoms with Crippen molar-refractivity contribution >= 4 is 0 Å². The molecule has 2 heterocycles. The molecule has 4 nitrogen and oxygen atoms in total. The van der Waals surface area contributed by atoms with Gasteiger partial charge in [0.15, 0.2) is 5.82 Å². The molecule has 0 spiro atoms. The predicted molar refractivity (Wildman–Crippen MR) is 64.6 cm³/mol. The summed E-state index contributed by atoms with van der Waals surface area (Å²) in [6, 6.07) is 0.304. The Morgan fingerprint density at radius 3 is 2.71 bits per heavy atom. The summed E-state index contributed by atoms with van der Waals surface area (Å²) in [5.74, 6) is 3.15. The van der Waals surface area contributed by atoms with E-state index in [1.807, 2.05) is 0 Å². The molecule has 2 fully saturated rings. The topological polar surface area (TPSA) is 51.0 Å². The lowest BCUT2D eigenvalue weighted by Gasteiger charge is -2.23. The Hall–Kier alpha value is -0.900. The number of nitrogens with zero attached hydrogens (tertiary/aromatic N) is 2. The van der Waals surface area contributed by atoms with Crippen LogP contribution in [-0.2, 0) is 0 Å². The zero-order valence-electron chi connectivity index (χ0n) is 10.5. The fraction of sp³-hybridized carbons (Fsp3) is 0.846. The van der Waals surface area contributed by atoms with Crippen molar-refractivity contribution in [2.75, 3.05) is 6.54 Å². The van der Waals surface area contributed by atoms with E-state index in [9.17, 15) is 0 Å². The molecule has 0 amide bonds. The Bertz CT molecular complexity index is 362. The third-order valence-corrected chi connectivity index (χ3v) is 4.20. The van der Waals surface area contributed by atoms with Crippen molar-refractivity contribution in [3.8, 4) is 0 Å². The molecule has 1 aliphatic carbocycles. The summed E-state index contributed by atoms with van der Waals surface area (Å²) in [6.07, 6.45) is 7.38. The quantitative estimate of drug-likeness (QED) is 0.856. The Morgan fingerprint density at radius 2 is 2.00 bits per heavy atom. The van der Waals surface area contributed by atoms with Crippen LogP contribution in [0.2, 0.25) is 0 Å². The van der Waals surface area contributed by atoms with Crippen molar-refractivity contribution < 1.29 is 4.52 Å². The molecule has 1 atom stereocenters. The van der Waals surface area contributed by atoms with Gasteiger partial charge in [-0.15, -0.1) is 0 Å². The molecule has 4 heteroatoms. The summed E-state index contributed by atoms with van der Waals surface area (Å²) in [4.78, 5) is 4.60. The fourth-order valence-electron chi connectivity index (χ4n) is 2.97. The average Bonchev–Trinajstić information content (AvgIpc) is 3.00. The van der Waals surface area contributed by atoms with Crippen molar-refractivity contribution in [3.63, 3.8) is 0 Å². The van der Waals surface area contributed by atoms with Crippen molar-refractivity contribution in [1.82, 2.24) is 15.5 Å². The Balaban J connectivity index is 1.67. The largest absolute Gasteiger partial charge is 0.338 e. The fourth-order valence-corrected chi connectivity index (χ4v) is 2.97. The maximum atomic E-state index is 5.41. The van der Waals surface area contributed by atoms with E-state index in [-0.39, 0.29) is 0 Å². The number of hydrogen-bond acceptors (Lipinski definition) is 4. The van der Waals surface area contributed by atoms with Crippen LogP contribution in [0, 0.1) is 5.92 Å². The SMILES string of the molecule is CC1CCC(c2noc([C@H]3CCCN3)n2)CC1. The first-order chi connectivity index (χ1) is 8.33. The lowest BCUT2D eigenvalue weighted by molar-refractivity contribution is 0.316. The van der Waals surface area contributed by atoms with Gasteiger partial charge in [-0.25, -0.2) is 0 Å². The van der Waals surface area contributed by atoms with E-state index in [1.54, 1.807) is 0 Å². The van der Waals surface area contributed by atoms with Gasteiger partial charge in [0.25, 0.3) is 0 Å². The normalized spacial score (nSPS) is 34.1. The smallest absolute Gasteiger partial charge is 0.243 e. The highest BCUT2D eigenvalue weighted by Gasteiger charge is 2.27. The van der Waals surface area contributed by atoms with E-state index in [1.165, 1.54) is 32.1 Å². The van der Waals surface area contributed by atoms with E-state index in [0.717, 1.165) is 30.6 Å². The molecule has 1 N–H and O–H groups in total. The molecule has 2 aliphatic rings. The predicted octanol–water partition coefficient (Wildman–Crippen LogP) is 2.79. The average molecular weight is 235 g/mol. The molecular weight excluding hydrogens is 214 g/mol. The minimum absolute atomic E-state index is 0.304. The Morgan fingerprint density at radius 1 is 1.18 bits per heavy atom. The molecule has 1 aromatic rings. The van der Waals surface area contributed by atoms with Gasteiger partial charge in [-0.05, 0) is 38.1 Å². The summed E-state index contributed by atoms with van der Waals surface area (Å²) in [5, 5.41) is 7.58. The van der Waals surface area contributed by atoms with Crippen LogP contribution >= 0.6 is 0 Å². The van der Waals surface area contributed by atoms with Crippen LogP contribution in [0.4, 0.5) is 0 Å².